The molecule has 3 unspecified atom stereocenters. The summed E-state index contributed by atoms with van der Waals surface area (Å²) in [6.07, 6.45) is 6.42. The van der Waals surface area contributed by atoms with Crippen molar-refractivity contribution in [3.05, 3.63) is 35.9 Å². The number of piperidine rings is 1. The predicted molar refractivity (Wildman–Crippen MR) is 101 cm³/mol. The molecule has 2 fully saturated rings. The summed E-state index contributed by atoms with van der Waals surface area (Å²) in [6, 6.07) is 10.6. The van der Waals surface area contributed by atoms with E-state index in [1.54, 1.807) is 0 Å². The number of carbonyl (C=O) groups excluding carboxylic acids is 1. The quantitative estimate of drug-likeness (QED) is 0.879. The van der Waals surface area contributed by atoms with E-state index in [2.05, 4.69) is 49.1 Å². The number of carbonyl (C=O) groups is 1. The standard InChI is InChI=1S/C20H30N2O.ClH/c1-19(16-9-4-3-5-10-16)12-8-14-22(15-19)18(23)17-11-6-7-13-20(17,2)21;/h3-5,9-10,17H,6-8,11-15,21H2,1-2H3;1H. The van der Waals surface area contributed by atoms with E-state index in [9.17, 15) is 4.79 Å². The maximum atomic E-state index is 13.1. The molecule has 1 amide bonds. The Morgan fingerprint density at radius 1 is 1.12 bits per heavy atom. The van der Waals surface area contributed by atoms with E-state index in [1.165, 1.54) is 5.56 Å². The fraction of sp³-hybridized carbons (Fsp3) is 0.650. The molecule has 0 spiro atoms. The lowest BCUT2D eigenvalue weighted by molar-refractivity contribution is -0.141. The maximum Gasteiger partial charge on any atom is 0.227 e. The van der Waals surface area contributed by atoms with E-state index in [0.717, 1.165) is 51.6 Å². The third kappa shape index (κ3) is 3.78. The molecular weight excluding hydrogens is 320 g/mol. The van der Waals surface area contributed by atoms with E-state index >= 15 is 0 Å². The van der Waals surface area contributed by atoms with Gasteiger partial charge in [-0.3, -0.25) is 4.79 Å². The summed E-state index contributed by atoms with van der Waals surface area (Å²) in [5.74, 6) is 0.283. The molecule has 3 atom stereocenters. The monoisotopic (exact) mass is 350 g/mol. The Balaban J connectivity index is 0.00000208. The Labute approximate surface area is 152 Å². The lowest BCUT2D eigenvalue weighted by atomic mass is 9.72. The molecule has 2 N–H and O–H groups in total. The number of nitrogens with zero attached hydrogens (tertiary/aromatic N) is 1. The molecule has 0 aromatic heterocycles. The van der Waals surface area contributed by atoms with Gasteiger partial charge in [-0.25, -0.2) is 0 Å². The summed E-state index contributed by atoms with van der Waals surface area (Å²) >= 11 is 0. The molecule has 134 valence electrons. The van der Waals surface area contributed by atoms with Gasteiger partial charge in [0, 0.05) is 24.0 Å². The molecule has 3 rings (SSSR count). The molecule has 3 nitrogen and oxygen atoms in total. The highest BCUT2D eigenvalue weighted by molar-refractivity contribution is 5.85. The van der Waals surface area contributed by atoms with Crippen molar-refractivity contribution in [3.63, 3.8) is 0 Å². The van der Waals surface area contributed by atoms with Crippen LogP contribution in [0.1, 0.15) is 57.9 Å². The van der Waals surface area contributed by atoms with Gasteiger partial charge in [0.25, 0.3) is 0 Å². The minimum atomic E-state index is -0.337. The Morgan fingerprint density at radius 2 is 1.83 bits per heavy atom. The topological polar surface area (TPSA) is 46.3 Å². The minimum absolute atomic E-state index is 0. The summed E-state index contributed by atoms with van der Waals surface area (Å²) in [6.45, 7) is 6.07. The van der Waals surface area contributed by atoms with Gasteiger partial charge < -0.3 is 10.6 Å². The second-order valence-electron chi connectivity index (χ2n) is 8.09. The largest absolute Gasteiger partial charge is 0.342 e. The van der Waals surface area contributed by atoms with Crippen molar-refractivity contribution < 1.29 is 4.79 Å². The fourth-order valence-electron chi connectivity index (χ4n) is 4.49. The van der Waals surface area contributed by atoms with Crippen LogP contribution in [0.4, 0.5) is 0 Å². The zero-order chi connectivity index (χ0) is 16.5. The van der Waals surface area contributed by atoms with Crippen LogP contribution in [-0.4, -0.2) is 29.4 Å². The van der Waals surface area contributed by atoms with Crippen LogP contribution < -0.4 is 5.73 Å². The molecule has 24 heavy (non-hydrogen) atoms. The molecule has 2 aliphatic rings. The van der Waals surface area contributed by atoms with Crippen molar-refractivity contribution in [1.82, 2.24) is 4.90 Å². The SMILES string of the molecule is CC1(c2ccccc2)CCCN(C(=O)C2CCCCC2(C)N)C1.Cl. The average molecular weight is 351 g/mol. The number of benzene rings is 1. The third-order valence-corrected chi connectivity index (χ3v) is 6.03. The first kappa shape index (κ1) is 19.3. The number of hydrogen-bond donors (Lipinski definition) is 1. The van der Waals surface area contributed by atoms with E-state index in [0.29, 0.717) is 0 Å². The molecule has 1 aliphatic carbocycles. The summed E-state index contributed by atoms with van der Waals surface area (Å²) in [7, 11) is 0. The first-order valence-electron chi connectivity index (χ1n) is 9.06. The smallest absolute Gasteiger partial charge is 0.227 e. The van der Waals surface area contributed by atoms with E-state index < -0.39 is 0 Å². The molecular formula is C20H31ClN2O. The van der Waals surface area contributed by atoms with Crippen molar-refractivity contribution in [2.75, 3.05) is 13.1 Å². The zero-order valence-corrected chi connectivity index (χ0v) is 15.8. The average Bonchev–Trinajstić information content (AvgIpc) is 2.55. The maximum absolute atomic E-state index is 13.1. The Kier molecular flexibility index (Phi) is 5.98. The van der Waals surface area contributed by atoms with Gasteiger partial charge in [0.05, 0.1) is 5.92 Å². The number of rotatable bonds is 2. The highest BCUT2D eigenvalue weighted by atomic mass is 35.5. The van der Waals surface area contributed by atoms with Gasteiger partial charge in [-0.05, 0) is 38.2 Å². The van der Waals surface area contributed by atoms with Crippen molar-refractivity contribution in [2.24, 2.45) is 11.7 Å². The molecule has 1 aromatic carbocycles. The number of hydrogen-bond acceptors (Lipinski definition) is 2. The third-order valence-electron chi connectivity index (χ3n) is 6.03. The fourth-order valence-corrected chi connectivity index (χ4v) is 4.49. The van der Waals surface area contributed by atoms with Gasteiger partial charge >= 0.3 is 0 Å². The van der Waals surface area contributed by atoms with Crippen LogP contribution in [0.25, 0.3) is 0 Å². The van der Waals surface area contributed by atoms with Crippen molar-refractivity contribution in [3.8, 4) is 0 Å². The normalized spacial score (nSPS) is 33.6. The lowest BCUT2D eigenvalue weighted by Crippen LogP contribution is -2.56. The minimum Gasteiger partial charge on any atom is -0.342 e. The second kappa shape index (κ2) is 7.45. The van der Waals surface area contributed by atoms with Crippen LogP contribution in [0, 0.1) is 5.92 Å². The van der Waals surface area contributed by atoms with E-state index in [1.807, 2.05) is 0 Å². The van der Waals surface area contributed by atoms with Crippen LogP contribution >= 0.6 is 12.4 Å². The first-order valence-corrected chi connectivity index (χ1v) is 9.06. The first-order chi connectivity index (χ1) is 10.9. The Hall–Kier alpha value is -1.06. The molecule has 1 heterocycles. The number of amides is 1. The number of nitrogens with two attached hydrogens (primary N) is 1. The van der Waals surface area contributed by atoms with Gasteiger partial charge in [-0.1, -0.05) is 50.1 Å². The van der Waals surface area contributed by atoms with Crippen molar-refractivity contribution in [2.45, 2.75) is 63.3 Å². The van der Waals surface area contributed by atoms with Gasteiger partial charge in [-0.15, -0.1) is 12.4 Å². The van der Waals surface area contributed by atoms with Gasteiger partial charge in [-0.2, -0.15) is 0 Å². The summed E-state index contributed by atoms with van der Waals surface area (Å²) < 4.78 is 0. The summed E-state index contributed by atoms with van der Waals surface area (Å²) in [5, 5.41) is 0. The summed E-state index contributed by atoms with van der Waals surface area (Å²) in [5.41, 5.74) is 7.53. The highest BCUT2D eigenvalue weighted by Gasteiger charge is 2.42. The molecule has 1 aromatic rings. The number of halogens is 1. The van der Waals surface area contributed by atoms with Gasteiger partial charge in [0.15, 0.2) is 0 Å². The molecule has 0 radical (unpaired) electrons. The number of likely N-dealkylation sites (tertiary alicyclic amines) is 1. The zero-order valence-electron chi connectivity index (χ0n) is 15.0. The van der Waals surface area contributed by atoms with E-state index in [4.69, 9.17) is 5.73 Å². The Morgan fingerprint density at radius 3 is 2.50 bits per heavy atom. The van der Waals surface area contributed by atoms with Gasteiger partial charge in [0.1, 0.15) is 0 Å². The van der Waals surface area contributed by atoms with E-state index in [-0.39, 0.29) is 35.2 Å². The highest BCUT2D eigenvalue weighted by Crippen LogP contribution is 2.37. The second-order valence-corrected chi connectivity index (χ2v) is 8.09. The molecule has 1 aliphatic heterocycles. The molecule has 1 saturated carbocycles. The van der Waals surface area contributed by atoms with Crippen molar-refractivity contribution >= 4 is 18.3 Å². The van der Waals surface area contributed by atoms with Crippen LogP contribution in [0.15, 0.2) is 30.3 Å². The predicted octanol–water partition coefficient (Wildman–Crippen LogP) is 3.90. The van der Waals surface area contributed by atoms with Crippen LogP contribution in [0.5, 0.6) is 0 Å². The molecule has 4 heteroatoms. The van der Waals surface area contributed by atoms with Crippen molar-refractivity contribution in [1.29, 1.82) is 0 Å². The summed E-state index contributed by atoms with van der Waals surface area (Å²) in [4.78, 5) is 15.2. The van der Waals surface area contributed by atoms with Crippen LogP contribution in [0.2, 0.25) is 0 Å². The van der Waals surface area contributed by atoms with Crippen LogP contribution in [0.3, 0.4) is 0 Å². The van der Waals surface area contributed by atoms with Gasteiger partial charge in [0.2, 0.25) is 5.91 Å². The Bertz CT molecular complexity index is 560. The molecule has 0 bridgehead atoms. The van der Waals surface area contributed by atoms with Crippen LogP contribution in [-0.2, 0) is 10.2 Å². The molecule has 1 saturated heterocycles. The lowest BCUT2D eigenvalue weighted by Gasteiger charge is -2.45.